The monoisotopic (exact) mass is 561 g/mol. The third-order valence-electron chi connectivity index (χ3n) is 8.67. The minimum absolute atomic E-state index is 0.958. The van der Waals surface area contributed by atoms with E-state index in [0.717, 1.165) is 33.2 Å². The number of hydrogen-bond donors (Lipinski definition) is 0. The maximum atomic E-state index is 4.35. The van der Waals surface area contributed by atoms with Gasteiger partial charge in [-0.2, -0.15) is 0 Å². The standard InChI is InChI=1S/C39H23N5/c1-2-26-17-40-13-12-33(26)34(3-1)35-9-5-25-6-10-36-32(8-4-24-7-11-37(35)39(25)38(24)36)29-15-27(30-18-41-22-42-19-30)14-28(16-29)31-20-43-23-44-21-31/h1-23H. The van der Waals surface area contributed by atoms with E-state index < -0.39 is 0 Å². The lowest BCUT2D eigenvalue weighted by atomic mass is 9.86. The van der Waals surface area contributed by atoms with Crippen molar-refractivity contribution in [3.05, 3.63) is 141 Å². The van der Waals surface area contributed by atoms with Gasteiger partial charge in [-0.05, 0) is 95.3 Å². The zero-order valence-corrected chi connectivity index (χ0v) is 23.5. The van der Waals surface area contributed by atoms with Gasteiger partial charge in [0.05, 0.1) is 0 Å². The molecule has 3 heterocycles. The van der Waals surface area contributed by atoms with Crippen molar-refractivity contribution < 1.29 is 0 Å². The average Bonchev–Trinajstić information content (AvgIpc) is 3.11. The summed E-state index contributed by atoms with van der Waals surface area (Å²) in [6.45, 7) is 0. The van der Waals surface area contributed by atoms with Crippen LogP contribution >= 0.6 is 0 Å². The number of nitrogens with zero attached hydrogens (tertiary/aromatic N) is 5. The molecule has 0 amide bonds. The van der Waals surface area contributed by atoms with Crippen LogP contribution in [0.1, 0.15) is 0 Å². The van der Waals surface area contributed by atoms with Crippen molar-refractivity contribution in [1.82, 2.24) is 24.9 Å². The summed E-state index contributed by atoms with van der Waals surface area (Å²) in [5, 5.41) is 9.84. The van der Waals surface area contributed by atoms with E-state index in [1.807, 2.05) is 37.2 Å². The summed E-state index contributed by atoms with van der Waals surface area (Å²) in [5.41, 5.74) is 8.73. The Bertz CT molecular complexity index is 2430. The normalized spacial score (nSPS) is 11.6. The molecule has 204 valence electrons. The van der Waals surface area contributed by atoms with E-state index in [4.69, 9.17) is 0 Å². The molecule has 3 aromatic heterocycles. The molecule has 0 N–H and O–H groups in total. The highest BCUT2D eigenvalue weighted by atomic mass is 14.8. The minimum Gasteiger partial charge on any atom is -0.264 e. The highest BCUT2D eigenvalue weighted by molar-refractivity contribution is 6.28. The SMILES string of the molecule is c1cc(-c2ccc3ccc4c(-c5cc(-c6cncnc6)cc(-c6cncnc6)c5)ccc5ccc2c3c54)c2ccncc2c1. The van der Waals surface area contributed by atoms with E-state index in [2.05, 4.69) is 116 Å². The summed E-state index contributed by atoms with van der Waals surface area (Å²) < 4.78 is 0. The second kappa shape index (κ2) is 9.75. The van der Waals surface area contributed by atoms with Gasteiger partial charge in [-0.25, -0.2) is 19.9 Å². The molecule has 0 unspecified atom stereocenters. The molecule has 6 aromatic carbocycles. The summed E-state index contributed by atoms with van der Waals surface area (Å²) in [6.07, 6.45) is 14.3. The molecule has 0 fully saturated rings. The number of benzene rings is 6. The van der Waals surface area contributed by atoms with E-state index in [1.54, 1.807) is 12.7 Å². The molecule has 0 bridgehead atoms. The number of rotatable bonds is 4. The zero-order chi connectivity index (χ0) is 29.0. The molecule has 0 aliphatic rings. The Morgan fingerprint density at radius 3 is 1.55 bits per heavy atom. The first-order valence-corrected chi connectivity index (χ1v) is 14.5. The summed E-state index contributed by atoms with van der Waals surface area (Å²) in [7, 11) is 0. The topological polar surface area (TPSA) is 64.5 Å². The van der Waals surface area contributed by atoms with Gasteiger partial charge in [-0.1, -0.05) is 66.7 Å². The summed E-state index contributed by atoms with van der Waals surface area (Å²) in [4.78, 5) is 21.5. The number of pyridine rings is 1. The van der Waals surface area contributed by atoms with Gasteiger partial charge in [0.2, 0.25) is 0 Å². The van der Waals surface area contributed by atoms with Crippen molar-refractivity contribution in [2.45, 2.75) is 0 Å². The first-order chi connectivity index (χ1) is 21.8. The summed E-state index contributed by atoms with van der Waals surface area (Å²) in [5.74, 6) is 0. The lowest BCUT2D eigenvalue weighted by Gasteiger charge is -2.18. The van der Waals surface area contributed by atoms with Gasteiger partial charge in [-0.15, -0.1) is 0 Å². The molecule has 5 nitrogen and oxygen atoms in total. The number of aromatic nitrogens is 5. The Morgan fingerprint density at radius 2 is 0.886 bits per heavy atom. The third-order valence-corrected chi connectivity index (χ3v) is 8.67. The quantitative estimate of drug-likeness (QED) is 0.200. The van der Waals surface area contributed by atoms with Crippen molar-refractivity contribution in [3.8, 4) is 44.5 Å². The highest BCUT2D eigenvalue weighted by Gasteiger charge is 2.17. The molecule has 0 radical (unpaired) electrons. The van der Waals surface area contributed by atoms with Crippen LogP contribution in [0.2, 0.25) is 0 Å². The Labute approximate surface area is 252 Å². The molecule has 5 heteroatoms. The lowest BCUT2D eigenvalue weighted by Crippen LogP contribution is -1.92. The van der Waals surface area contributed by atoms with Crippen LogP contribution in [-0.2, 0) is 0 Å². The van der Waals surface area contributed by atoms with Crippen molar-refractivity contribution in [3.63, 3.8) is 0 Å². The molecule has 0 aliphatic heterocycles. The maximum absolute atomic E-state index is 4.35. The van der Waals surface area contributed by atoms with E-state index in [9.17, 15) is 0 Å². The van der Waals surface area contributed by atoms with Crippen molar-refractivity contribution in [1.29, 1.82) is 0 Å². The van der Waals surface area contributed by atoms with Gasteiger partial charge in [-0.3, -0.25) is 4.98 Å². The van der Waals surface area contributed by atoms with Crippen LogP contribution in [0.3, 0.4) is 0 Å². The van der Waals surface area contributed by atoms with Crippen LogP contribution in [0.25, 0.3) is 87.6 Å². The Balaban J connectivity index is 1.32. The fourth-order valence-electron chi connectivity index (χ4n) is 6.66. The van der Waals surface area contributed by atoms with Crippen LogP contribution < -0.4 is 0 Å². The lowest BCUT2D eigenvalue weighted by molar-refractivity contribution is 1.17. The van der Waals surface area contributed by atoms with Crippen molar-refractivity contribution in [2.75, 3.05) is 0 Å². The van der Waals surface area contributed by atoms with Crippen LogP contribution in [0.4, 0.5) is 0 Å². The fourth-order valence-corrected chi connectivity index (χ4v) is 6.66. The smallest absolute Gasteiger partial charge is 0.115 e. The van der Waals surface area contributed by atoms with Crippen molar-refractivity contribution >= 4 is 43.1 Å². The Hall–Kier alpha value is -6.07. The van der Waals surface area contributed by atoms with Crippen LogP contribution in [0.5, 0.6) is 0 Å². The molecule has 44 heavy (non-hydrogen) atoms. The summed E-state index contributed by atoms with van der Waals surface area (Å²) in [6, 6.07) is 33.3. The molecule has 0 aliphatic carbocycles. The number of fused-ring (bicyclic) bond motifs is 1. The average molecular weight is 562 g/mol. The minimum atomic E-state index is 0.958. The van der Waals surface area contributed by atoms with E-state index >= 15 is 0 Å². The molecule has 0 saturated carbocycles. The van der Waals surface area contributed by atoms with Gasteiger partial charge < -0.3 is 0 Å². The van der Waals surface area contributed by atoms with E-state index in [0.29, 0.717) is 0 Å². The van der Waals surface area contributed by atoms with Gasteiger partial charge in [0.25, 0.3) is 0 Å². The molecule has 9 rings (SSSR count). The molecule has 9 aromatic rings. The first-order valence-electron chi connectivity index (χ1n) is 14.5. The molecule has 0 spiro atoms. The van der Waals surface area contributed by atoms with Gasteiger partial charge in [0, 0.05) is 53.7 Å². The third kappa shape index (κ3) is 3.83. The maximum Gasteiger partial charge on any atom is 0.115 e. The Kier molecular flexibility index (Phi) is 5.43. The van der Waals surface area contributed by atoms with Crippen LogP contribution in [0.15, 0.2) is 141 Å². The second-order valence-electron chi connectivity index (χ2n) is 11.1. The van der Waals surface area contributed by atoms with Crippen LogP contribution in [-0.4, -0.2) is 24.9 Å². The fraction of sp³-hybridized carbons (Fsp3) is 0. The Morgan fingerprint density at radius 1 is 0.341 bits per heavy atom. The molecule has 0 atom stereocenters. The molecular formula is C39H23N5. The van der Waals surface area contributed by atoms with Crippen molar-refractivity contribution in [2.24, 2.45) is 0 Å². The molecule has 0 saturated heterocycles. The predicted octanol–water partition coefficient (Wildman–Crippen LogP) is 9.38. The predicted molar refractivity (Wildman–Crippen MR) is 178 cm³/mol. The highest BCUT2D eigenvalue weighted by Crippen LogP contribution is 2.44. The zero-order valence-electron chi connectivity index (χ0n) is 23.5. The van der Waals surface area contributed by atoms with Gasteiger partial charge in [0.15, 0.2) is 0 Å². The second-order valence-corrected chi connectivity index (χ2v) is 11.1. The van der Waals surface area contributed by atoms with Gasteiger partial charge >= 0.3 is 0 Å². The summed E-state index contributed by atoms with van der Waals surface area (Å²) >= 11 is 0. The number of hydrogen-bond acceptors (Lipinski definition) is 5. The molecular weight excluding hydrogens is 538 g/mol. The first kappa shape index (κ1) is 24.5. The van der Waals surface area contributed by atoms with E-state index in [-0.39, 0.29) is 0 Å². The van der Waals surface area contributed by atoms with Gasteiger partial charge in [0.1, 0.15) is 12.7 Å². The largest absolute Gasteiger partial charge is 0.264 e. The van der Waals surface area contributed by atoms with E-state index in [1.165, 1.54) is 54.4 Å². The van der Waals surface area contributed by atoms with Crippen LogP contribution in [0, 0.1) is 0 Å².